The van der Waals surface area contributed by atoms with Gasteiger partial charge in [0.15, 0.2) is 0 Å². The van der Waals surface area contributed by atoms with E-state index in [-0.39, 0.29) is 5.41 Å². The maximum Gasteiger partial charge on any atom is 0.130 e. The number of rotatable bonds is 3. The van der Waals surface area contributed by atoms with Crippen LogP contribution < -0.4 is 0 Å². The maximum atomic E-state index is 10.4. The van der Waals surface area contributed by atoms with Crippen LogP contribution in [-0.4, -0.2) is 38.7 Å². The summed E-state index contributed by atoms with van der Waals surface area (Å²) in [7, 11) is 0. The van der Waals surface area contributed by atoms with E-state index >= 15 is 0 Å². The molecule has 1 atom stereocenters. The second-order valence-electron chi connectivity index (χ2n) is 7.22. The van der Waals surface area contributed by atoms with Gasteiger partial charge in [-0.3, -0.25) is 4.90 Å². The lowest BCUT2D eigenvalue weighted by molar-refractivity contribution is -0.107. The van der Waals surface area contributed by atoms with Gasteiger partial charge in [-0.05, 0) is 13.3 Å². The van der Waals surface area contributed by atoms with Gasteiger partial charge in [-0.25, -0.2) is 9.97 Å². The molecule has 0 bridgehead atoms. The van der Waals surface area contributed by atoms with Gasteiger partial charge in [-0.1, -0.05) is 27.7 Å². The average Bonchev–Trinajstić information content (AvgIpc) is 2.35. The summed E-state index contributed by atoms with van der Waals surface area (Å²) in [5.41, 5.74) is 0.470. The molecule has 0 spiro atoms. The zero-order chi connectivity index (χ0) is 15.0. The van der Waals surface area contributed by atoms with Crippen molar-refractivity contribution in [1.29, 1.82) is 0 Å². The molecule has 0 radical (unpaired) electrons. The largest absolute Gasteiger partial charge is 0.390 e. The van der Waals surface area contributed by atoms with Crippen molar-refractivity contribution in [2.45, 2.75) is 59.1 Å². The lowest BCUT2D eigenvalue weighted by Crippen LogP contribution is -2.55. The number of piperidine rings is 1. The fraction of sp³-hybridized carbons (Fsp3) is 0.750. The predicted octanol–water partition coefficient (Wildman–Crippen LogP) is 2.58. The van der Waals surface area contributed by atoms with Gasteiger partial charge >= 0.3 is 0 Å². The fourth-order valence-corrected chi connectivity index (χ4v) is 2.66. The molecule has 112 valence electrons. The van der Waals surface area contributed by atoms with Crippen LogP contribution in [0.5, 0.6) is 0 Å². The van der Waals surface area contributed by atoms with Crippen LogP contribution in [0.4, 0.5) is 0 Å². The molecule has 1 fully saturated rings. The van der Waals surface area contributed by atoms with Crippen LogP contribution in [0.1, 0.15) is 58.3 Å². The summed E-state index contributed by atoms with van der Waals surface area (Å²) in [6, 6.07) is 0. The van der Waals surface area contributed by atoms with Crippen molar-refractivity contribution in [3.63, 3.8) is 0 Å². The molecule has 0 aromatic carbocycles. The van der Waals surface area contributed by atoms with E-state index in [1.807, 2.05) is 19.3 Å². The Morgan fingerprint density at radius 2 is 1.85 bits per heavy atom. The number of likely N-dealkylation sites (tertiary alicyclic amines) is 1. The molecule has 1 N–H and O–H groups in total. The number of hydrogen-bond donors (Lipinski definition) is 1. The molecule has 0 saturated carbocycles. The summed E-state index contributed by atoms with van der Waals surface area (Å²) in [5.74, 6) is 1.27. The van der Waals surface area contributed by atoms with Crippen LogP contribution in [0.25, 0.3) is 0 Å². The van der Waals surface area contributed by atoms with E-state index in [9.17, 15) is 5.11 Å². The first kappa shape index (κ1) is 15.4. The highest BCUT2D eigenvalue weighted by atomic mass is 16.3. The van der Waals surface area contributed by atoms with Crippen LogP contribution >= 0.6 is 0 Å². The van der Waals surface area contributed by atoms with E-state index in [0.29, 0.717) is 5.92 Å². The number of nitrogens with zero attached hydrogens (tertiary/aromatic N) is 3. The Labute approximate surface area is 122 Å². The average molecular weight is 277 g/mol. The normalized spacial score (nSPS) is 26.9. The Hall–Kier alpha value is -1.00. The molecule has 0 amide bonds. The molecule has 1 aliphatic rings. The van der Waals surface area contributed by atoms with Gasteiger partial charge in [-0.2, -0.15) is 0 Å². The zero-order valence-corrected chi connectivity index (χ0v) is 13.3. The van der Waals surface area contributed by atoms with Gasteiger partial charge in [-0.15, -0.1) is 0 Å². The van der Waals surface area contributed by atoms with Crippen molar-refractivity contribution in [2.75, 3.05) is 13.1 Å². The van der Waals surface area contributed by atoms with Crippen molar-refractivity contribution in [1.82, 2.24) is 14.9 Å². The molecule has 0 unspecified atom stereocenters. The molecule has 2 rings (SSSR count). The molecule has 4 nitrogen and oxygen atoms in total. The molecule has 1 aromatic heterocycles. The van der Waals surface area contributed by atoms with E-state index in [4.69, 9.17) is 0 Å². The van der Waals surface area contributed by atoms with E-state index < -0.39 is 5.60 Å². The molecular formula is C16H27N3O. The van der Waals surface area contributed by atoms with Crippen LogP contribution in [0, 0.1) is 5.41 Å². The lowest BCUT2D eigenvalue weighted by atomic mass is 9.71. The molecule has 1 aromatic rings. The minimum Gasteiger partial charge on any atom is -0.390 e. The highest BCUT2D eigenvalue weighted by molar-refractivity contribution is 5.08. The standard InChI is InChI=1S/C16H27N3O/c1-12(2)14-17-8-13(9-18-14)10-19-7-6-16(5,20)15(3,4)11-19/h8-9,12,20H,6-7,10-11H2,1-5H3/t16-/m1/s1. The number of aliphatic hydroxyl groups is 1. The molecule has 0 aliphatic carbocycles. The number of hydrogen-bond acceptors (Lipinski definition) is 4. The monoisotopic (exact) mass is 277 g/mol. The summed E-state index contributed by atoms with van der Waals surface area (Å²) < 4.78 is 0. The predicted molar refractivity (Wildman–Crippen MR) is 80.4 cm³/mol. The van der Waals surface area contributed by atoms with Gasteiger partial charge in [0.2, 0.25) is 0 Å². The fourth-order valence-electron chi connectivity index (χ4n) is 2.66. The molecule has 2 heterocycles. The van der Waals surface area contributed by atoms with Crippen LogP contribution in [-0.2, 0) is 6.54 Å². The third-order valence-corrected chi connectivity index (χ3v) is 4.64. The van der Waals surface area contributed by atoms with Crippen molar-refractivity contribution in [2.24, 2.45) is 5.41 Å². The zero-order valence-electron chi connectivity index (χ0n) is 13.3. The second-order valence-corrected chi connectivity index (χ2v) is 7.22. The lowest BCUT2D eigenvalue weighted by Gasteiger charge is -2.48. The van der Waals surface area contributed by atoms with E-state index in [1.165, 1.54) is 0 Å². The Bertz CT molecular complexity index is 451. The van der Waals surface area contributed by atoms with Gasteiger partial charge in [0.25, 0.3) is 0 Å². The molecule has 4 heteroatoms. The van der Waals surface area contributed by atoms with Crippen molar-refractivity contribution in [3.8, 4) is 0 Å². The van der Waals surface area contributed by atoms with Crippen LogP contribution in [0.15, 0.2) is 12.4 Å². The van der Waals surface area contributed by atoms with Crippen molar-refractivity contribution < 1.29 is 5.11 Å². The number of aromatic nitrogens is 2. The van der Waals surface area contributed by atoms with Crippen molar-refractivity contribution in [3.05, 3.63) is 23.8 Å². The Morgan fingerprint density at radius 1 is 1.25 bits per heavy atom. The summed E-state index contributed by atoms with van der Waals surface area (Å²) in [6.45, 7) is 13.1. The summed E-state index contributed by atoms with van der Waals surface area (Å²) in [4.78, 5) is 11.2. The van der Waals surface area contributed by atoms with Gasteiger partial charge in [0, 0.05) is 48.9 Å². The first-order valence-electron chi connectivity index (χ1n) is 7.47. The second kappa shape index (κ2) is 5.41. The van der Waals surface area contributed by atoms with Gasteiger partial charge in [0.1, 0.15) is 5.82 Å². The topological polar surface area (TPSA) is 49.2 Å². The van der Waals surface area contributed by atoms with Gasteiger partial charge in [0.05, 0.1) is 5.60 Å². The van der Waals surface area contributed by atoms with E-state index in [1.54, 1.807) is 0 Å². The Kier molecular flexibility index (Phi) is 4.17. The van der Waals surface area contributed by atoms with Crippen LogP contribution in [0.3, 0.4) is 0 Å². The summed E-state index contributed by atoms with van der Waals surface area (Å²) >= 11 is 0. The SMILES string of the molecule is CC(C)c1ncc(CN2CC[C@@](C)(O)C(C)(C)C2)cn1. The van der Waals surface area contributed by atoms with E-state index in [2.05, 4.69) is 42.6 Å². The Balaban J connectivity index is 2.01. The summed E-state index contributed by atoms with van der Waals surface area (Å²) in [5, 5.41) is 10.4. The molecule has 1 aliphatic heterocycles. The summed E-state index contributed by atoms with van der Waals surface area (Å²) in [6.07, 6.45) is 4.68. The smallest absolute Gasteiger partial charge is 0.130 e. The van der Waals surface area contributed by atoms with Gasteiger partial charge < -0.3 is 5.11 Å². The molecular weight excluding hydrogens is 250 g/mol. The first-order valence-corrected chi connectivity index (χ1v) is 7.47. The maximum absolute atomic E-state index is 10.4. The Morgan fingerprint density at radius 3 is 2.35 bits per heavy atom. The highest BCUT2D eigenvalue weighted by Gasteiger charge is 2.43. The third kappa shape index (κ3) is 3.18. The van der Waals surface area contributed by atoms with Crippen molar-refractivity contribution >= 4 is 0 Å². The highest BCUT2D eigenvalue weighted by Crippen LogP contribution is 2.38. The van der Waals surface area contributed by atoms with Crippen LogP contribution in [0.2, 0.25) is 0 Å². The first-order chi connectivity index (χ1) is 9.21. The quantitative estimate of drug-likeness (QED) is 0.922. The third-order valence-electron chi connectivity index (χ3n) is 4.64. The minimum atomic E-state index is -0.582. The minimum absolute atomic E-state index is 0.0933. The molecule has 20 heavy (non-hydrogen) atoms. The molecule has 1 saturated heterocycles. The van der Waals surface area contributed by atoms with E-state index in [0.717, 1.165) is 37.4 Å².